The van der Waals surface area contributed by atoms with Crippen LogP contribution in [-0.2, 0) is 25.3 Å². The van der Waals surface area contributed by atoms with Crippen molar-refractivity contribution in [3.63, 3.8) is 0 Å². The van der Waals surface area contributed by atoms with Gasteiger partial charge < -0.3 is 19.5 Å². The third-order valence-electron chi connectivity index (χ3n) is 7.72. The lowest BCUT2D eigenvalue weighted by Gasteiger charge is -2.46. The number of nitrogens with one attached hydrogen (secondary N) is 2. The second-order valence-electron chi connectivity index (χ2n) is 10.1. The maximum absolute atomic E-state index is 13.0. The zero-order valence-corrected chi connectivity index (χ0v) is 22.6. The fraction of sp³-hybridized carbons (Fsp3) is 0.615. The summed E-state index contributed by atoms with van der Waals surface area (Å²) in [6, 6.07) is 3.16. The number of ether oxygens (including phenoxy) is 1. The van der Waals surface area contributed by atoms with Crippen LogP contribution >= 0.6 is 0 Å². The van der Waals surface area contributed by atoms with Crippen LogP contribution in [0.3, 0.4) is 0 Å². The molecule has 2 aliphatic rings. The van der Waals surface area contributed by atoms with Crippen molar-refractivity contribution in [2.24, 2.45) is 11.3 Å². The number of amides is 1. The van der Waals surface area contributed by atoms with Crippen LogP contribution in [0.25, 0.3) is 0 Å². The highest BCUT2D eigenvalue weighted by atomic mass is 32.2. The molecule has 4 rings (SSSR count). The van der Waals surface area contributed by atoms with Crippen molar-refractivity contribution >= 4 is 28.5 Å². The molecule has 11 heteroatoms. The Morgan fingerprint density at radius 3 is 2.46 bits per heavy atom. The van der Waals surface area contributed by atoms with Gasteiger partial charge in [0.1, 0.15) is 21.9 Å². The molecule has 10 nitrogen and oxygen atoms in total. The standard InChI is InChI=1S/C26H37N5O5S/c1-4-35-25(33)22(30-37(34)23-18(2)29-36-19(23)3)17-28-24(32)20-5-9-26(10-6-20)11-15-31(16-12-26)21-7-13-27-14-8-21/h7-8,13-14,20,22,30H,4-6,9-12,15-17H2,1-3H3,(H,28,32). The van der Waals surface area contributed by atoms with Gasteiger partial charge in [-0.15, -0.1) is 0 Å². The van der Waals surface area contributed by atoms with Crippen molar-refractivity contribution in [2.45, 2.75) is 70.2 Å². The highest BCUT2D eigenvalue weighted by Gasteiger charge is 2.40. The molecular weight excluding hydrogens is 494 g/mol. The molecule has 2 N–H and O–H groups in total. The predicted octanol–water partition coefficient (Wildman–Crippen LogP) is 2.82. The zero-order chi connectivity index (χ0) is 26.4. The highest BCUT2D eigenvalue weighted by Crippen LogP contribution is 2.46. The number of piperidine rings is 1. The molecule has 3 heterocycles. The van der Waals surface area contributed by atoms with E-state index in [0.29, 0.717) is 21.8 Å². The van der Waals surface area contributed by atoms with Gasteiger partial charge in [0.25, 0.3) is 0 Å². The first-order chi connectivity index (χ1) is 17.8. The quantitative estimate of drug-likeness (QED) is 0.473. The van der Waals surface area contributed by atoms with Crippen molar-refractivity contribution in [2.75, 3.05) is 31.1 Å². The fourth-order valence-corrected chi connectivity index (χ4v) is 6.64. The molecule has 1 saturated carbocycles. The van der Waals surface area contributed by atoms with Crippen LogP contribution in [-0.4, -0.2) is 58.5 Å². The van der Waals surface area contributed by atoms with Crippen molar-refractivity contribution < 1.29 is 23.1 Å². The van der Waals surface area contributed by atoms with Gasteiger partial charge in [-0.25, -0.2) is 8.93 Å². The first-order valence-corrected chi connectivity index (χ1v) is 14.2. The van der Waals surface area contributed by atoms with Gasteiger partial charge in [-0.2, -0.15) is 0 Å². The van der Waals surface area contributed by atoms with Gasteiger partial charge in [-0.05, 0) is 76.8 Å². The zero-order valence-electron chi connectivity index (χ0n) is 21.8. The van der Waals surface area contributed by atoms with Gasteiger partial charge in [0.15, 0.2) is 5.76 Å². The van der Waals surface area contributed by atoms with Crippen molar-refractivity contribution in [1.29, 1.82) is 0 Å². The summed E-state index contributed by atoms with van der Waals surface area (Å²) in [6.07, 6.45) is 9.67. The minimum atomic E-state index is -1.74. The molecule has 1 spiro atoms. The summed E-state index contributed by atoms with van der Waals surface area (Å²) in [5.74, 6) is -0.299. The summed E-state index contributed by atoms with van der Waals surface area (Å²) in [4.78, 5) is 32.5. The largest absolute Gasteiger partial charge is 0.465 e. The Balaban J connectivity index is 1.28. The summed E-state index contributed by atoms with van der Waals surface area (Å²) in [6.45, 7) is 7.28. The van der Waals surface area contributed by atoms with E-state index in [1.807, 2.05) is 12.4 Å². The lowest BCUT2D eigenvalue weighted by Crippen LogP contribution is -2.49. The monoisotopic (exact) mass is 531 g/mol. The Morgan fingerprint density at radius 1 is 1.19 bits per heavy atom. The van der Waals surface area contributed by atoms with E-state index in [1.54, 1.807) is 20.8 Å². The minimum Gasteiger partial charge on any atom is -0.465 e. The number of carbonyl (C=O) groups excluding carboxylic acids is 2. The van der Waals surface area contributed by atoms with E-state index in [1.165, 1.54) is 5.69 Å². The van der Waals surface area contributed by atoms with Crippen LogP contribution in [0.1, 0.15) is 56.9 Å². The molecule has 2 atom stereocenters. The molecule has 0 aromatic carbocycles. The molecular formula is C26H37N5O5S. The van der Waals surface area contributed by atoms with E-state index < -0.39 is 23.0 Å². The summed E-state index contributed by atoms with van der Waals surface area (Å²) < 4.78 is 25.9. The van der Waals surface area contributed by atoms with Crippen molar-refractivity contribution in [1.82, 2.24) is 20.2 Å². The van der Waals surface area contributed by atoms with E-state index in [-0.39, 0.29) is 25.0 Å². The SMILES string of the molecule is CCOC(=O)C(CNC(=O)C1CCC2(CC1)CCN(c1ccncc1)CC2)NS(=O)c1c(C)noc1C. The minimum absolute atomic E-state index is 0.00465. The van der Waals surface area contributed by atoms with Gasteiger partial charge in [0.05, 0.1) is 12.3 Å². The molecule has 2 fully saturated rings. The van der Waals surface area contributed by atoms with Crippen LogP contribution in [0.15, 0.2) is 33.9 Å². The fourth-order valence-electron chi connectivity index (χ4n) is 5.48. The number of anilines is 1. The molecule has 2 unspecified atom stereocenters. The molecule has 1 aliphatic carbocycles. The summed E-state index contributed by atoms with van der Waals surface area (Å²) >= 11 is 0. The van der Waals surface area contributed by atoms with E-state index >= 15 is 0 Å². The maximum Gasteiger partial charge on any atom is 0.325 e. The normalized spacial score (nSPS) is 19.4. The van der Waals surface area contributed by atoms with Gasteiger partial charge in [0.2, 0.25) is 5.91 Å². The number of carbonyl (C=O) groups is 2. The lowest BCUT2D eigenvalue weighted by atomic mass is 9.65. The number of nitrogens with zero attached hydrogens (tertiary/aromatic N) is 3. The molecule has 1 amide bonds. The Morgan fingerprint density at radius 2 is 1.86 bits per heavy atom. The van der Waals surface area contributed by atoms with E-state index in [0.717, 1.165) is 51.6 Å². The van der Waals surface area contributed by atoms with Crippen LogP contribution in [0.5, 0.6) is 0 Å². The topological polar surface area (TPSA) is 127 Å². The first-order valence-electron chi connectivity index (χ1n) is 13.0. The third-order valence-corrected chi connectivity index (χ3v) is 9.18. The van der Waals surface area contributed by atoms with E-state index in [2.05, 4.69) is 37.2 Å². The average Bonchev–Trinajstić information content (AvgIpc) is 3.25. The number of rotatable bonds is 9. The van der Waals surface area contributed by atoms with Crippen LogP contribution < -0.4 is 14.9 Å². The Bertz CT molecular complexity index is 1070. The maximum atomic E-state index is 13.0. The highest BCUT2D eigenvalue weighted by molar-refractivity contribution is 7.83. The van der Waals surface area contributed by atoms with Crippen molar-refractivity contribution in [3.05, 3.63) is 36.0 Å². The Kier molecular flexibility index (Phi) is 8.96. The molecule has 0 bridgehead atoms. The second kappa shape index (κ2) is 12.2. The number of hydrogen-bond acceptors (Lipinski definition) is 8. The Hall–Kier alpha value is -2.79. The van der Waals surface area contributed by atoms with E-state index in [9.17, 15) is 13.8 Å². The molecule has 37 heavy (non-hydrogen) atoms. The van der Waals surface area contributed by atoms with E-state index in [4.69, 9.17) is 9.26 Å². The summed E-state index contributed by atoms with van der Waals surface area (Å²) in [5, 5.41) is 6.72. The number of aryl methyl sites for hydroxylation is 2. The van der Waals surface area contributed by atoms with Crippen molar-refractivity contribution in [3.8, 4) is 0 Å². The predicted molar refractivity (Wildman–Crippen MR) is 139 cm³/mol. The molecule has 0 radical (unpaired) electrons. The molecule has 202 valence electrons. The average molecular weight is 532 g/mol. The first kappa shape index (κ1) is 27.3. The summed E-state index contributed by atoms with van der Waals surface area (Å²) in [7, 11) is -1.74. The lowest BCUT2D eigenvalue weighted by molar-refractivity contribution is -0.145. The van der Waals surface area contributed by atoms with Gasteiger partial charge >= 0.3 is 5.97 Å². The third kappa shape index (κ3) is 6.56. The Labute approximate surface area is 220 Å². The molecule has 2 aromatic rings. The molecule has 1 saturated heterocycles. The van der Waals surface area contributed by atoms with Crippen LogP contribution in [0.4, 0.5) is 5.69 Å². The van der Waals surface area contributed by atoms with Gasteiger partial charge in [-0.3, -0.25) is 14.6 Å². The molecule has 1 aliphatic heterocycles. The van der Waals surface area contributed by atoms with Gasteiger partial charge in [-0.1, -0.05) is 5.16 Å². The number of esters is 1. The van der Waals surface area contributed by atoms with Crippen LogP contribution in [0, 0.1) is 25.2 Å². The summed E-state index contributed by atoms with van der Waals surface area (Å²) in [5.41, 5.74) is 2.01. The second-order valence-corrected chi connectivity index (χ2v) is 11.2. The molecule has 2 aromatic heterocycles. The number of pyridine rings is 1. The van der Waals surface area contributed by atoms with Crippen LogP contribution in [0.2, 0.25) is 0 Å². The number of hydrogen-bond donors (Lipinski definition) is 2. The van der Waals surface area contributed by atoms with Gasteiger partial charge in [0, 0.05) is 43.6 Å². The smallest absolute Gasteiger partial charge is 0.325 e. The number of aromatic nitrogens is 2.